The molecule has 0 spiro atoms. The van der Waals surface area contributed by atoms with Gasteiger partial charge in [-0.1, -0.05) is 0 Å². The maximum atomic E-state index is 11.8. The molecule has 1 aromatic carbocycles. The van der Waals surface area contributed by atoms with E-state index in [0.29, 0.717) is 0 Å². The topological polar surface area (TPSA) is 122 Å². The van der Waals surface area contributed by atoms with Crippen LogP contribution in [0.5, 0.6) is 0 Å². The predicted octanol–water partition coefficient (Wildman–Crippen LogP) is 0.466. The number of hydrogen-bond acceptors (Lipinski definition) is 8. The van der Waals surface area contributed by atoms with Gasteiger partial charge in [0.05, 0.1) is 24.7 Å². The number of carbonyl (C=O) groups excluding carboxylic acids is 3. The van der Waals surface area contributed by atoms with Crippen molar-refractivity contribution >= 4 is 23.6 Å². The minimum Gasteiger partial charge on any atom is -0.466 e. The molecule has 0 aliphatic carbocycles. The fraction of sp³-hybridized carbons (Fsp3) is 0.250. The van der Waals surface area contributed by atoms with Gasteiger partial charge < -0.3 is 14.2 Å². The summed E-state index contributed by atoms with van der Waals surface area (Å²) in [7, 11) is 2.02. The van der Waals surface area contributed by atoms with E-state index in [4.69, 9.17) is 0 Å². The summed E-state index contributed by atoms with van der Waals surface area (Å²) in [6.07, 6.45) is -1.86. The van der Waals surface area contributed by atoms with Crippen LogP contribution in [0, 0.1) is 10.1 Å². The Morgan fingerprint density at radius 2 is 1.52 bits per heavy atom. The lowest BCUT2D eigenvalue weighted by molar-refractivity contribution is -0.384. The van der Waals surface area contributed by atoms with Crippen molar-refractivity contribution < 1.29 is 33.5 Å². The Kier molecular flexibility index (Phi) is 5.35. The molecule has 9 heteroatoms. The average Bonchev–Trinajstić information content (AvgIpc) is 2.50. The van der Waals surface area contributed by atoms with Crippen LogP contribution >= 0.6 is 0 Å². The van der Waals surface area contributed by atoms with Crippen molar-refractivity contribution in [3.8, 4) is 0 Å². The van der Waals surface area contributed by atoms with E-state index < -0.39 is 28.9 Å². The summed E-state index contributed by atoms with van der Waals surface area (Å²) < 4.78 is 13.3. The molecule has 0 saturated carbocycles. The first kappa shape index (κ1) is 16.1. The molecule has 1 aromatic rings. The van der Waals surface area contributed by atoms with E-state index in [1.165, 1.54) is 0 Å². The maximum absolute atomic E-state index is 11.8. The second-order valence-corrected chi connectivity index (χ2v) is 3.64. The van der Waals surface area contributed by atoms with Crippen LogP contribution in [0.25, 0.3) is 0 Å². The van der Waals surface area contributed by atoms with E-state index in [-0.39, 0.29) is 11.3 Å². The predicted molar refractivity (Wildman–Crippen MR) is 66.3 cm³/mol. The molecular weight excluding hydrogens is 286 g/mol. The number of rotatable bonds is 5. The Labute approximate surface area is 118 Å². The zero-order valence-electron chi connectivity index (χ0n) is 11.1. The van der Waals surface area contributed by atoms with Crippen LogP contribution in [-0.4, -0.2) is 43.2 Å². The zero-order valence-corrected chi connectivity index (χ0v) is 11.1. The molecule has 1 rings (SSSR count). The Bertz CT molecular complexity index is 549. The molecule has 0 unspecified atom stereocenters. The molecule has 0 N–H and O–H groups in total. The van der Waals surface area contributed by atoms with E-state index in [1.807, 2.05) is 0 Å². The molecule has 9 nitrogen and oxygen atoms in total. The van der Waals surface area contributed by atoms with Crippen LogP contribution in [0.4, 0.5) is 5.69 Å². The third-order valence-electron chi connectivity index (χ3n) is 2.37. The van der Waals surface area contributed by atoms with Gasteiger partial charge in [-0.2, -0.15) is 0 Å². The summed E-state index contributed by atoms with van der Waals surface area (Å²) in [5.41, 5.74) is -0.289. The molecule has 0 aliphatic rings. The molecule has 0 heterocycles. The largest absolute Gasteiger partial charge is 0.466 e. The van der Waals surface area contributed by atoms with Crippen molar-refractivity contribution in [1.82, 2.24) is 0 Å². The average molecular weight is 297 g/mol. The van der Waals surface area contributed by atoms with Crippen molar-refractivity contribution in [2.45, 2.75) is 6.10 Å². The molecule has 0 aromatic heterocycles. The first-order valence-corrected chi connectivity index (χ1v) is 5.51. The quantitative estimate of drug-likeness (QED) is 0.252. The Morgan fingerprint density at radius 3 is 1.90 bits per heavy atom. The number of methoxy groups -OCH3 is 2. The van der Waals surface area contributed by atoms with Gasteiger partial charge in [-0.05, 0) is 12.1 Å². The number of carbonyl (C=O) groups is 3. The first-order valence-electron chi connectivity index (χ1n) is 5.51. The number of nitro groups is 1. The number of non-ortho nitro benzene ring substituents is 1. The molecule has 0 fully saturated rings. The van der Waals surface area contributed by atoms with Gasteiger partial charge in [0.1, 0.15) is 0 Å². The normalized spacial score (nSPS) is 9.86. The monoisotopic (exact) mass is 297 g/mol. The van der Waals surface area contributed by atoms with E-state index in [0.717, 1.165) is 38.5 Å². The van der Waals surface area contributed by atoms with Crippen LogP contribution in [0.15, 0.2) is 24.3 Å². The smallest absolute Gasteiger partial charge is 0.359 e. The molecule has 0 aliphatic heterocycles. The zero-order chi connectivity index (χ0) is 16.0. The highest BCUT2D eigenvalue weighted by Gasteiger charge is 2.33. The van der Waals surface area contributed by atoms with Gasteiger partial charge in [0.15, 0.2) is 0 Å². The van der Waals surface area contributed by atoms with Crippen molar-refractivity contribution in [3.05, 3.63) is 39.9 Å². The summed E-state index contributed by atoms with van der Waals surface area (Å²) in [5, 5.41) is 10.5. The van der Waals surface area contributed by atoms with Crippen LogP contribution in [0.1, 0.15) is 10.4 Å². The fourth-order valence-electron chi connectivity index (χ4n) is 1.30. The number of benzene rings is 1. The van der Waals surface area contributed by atoms with E-state index >= 15 is 0 Å². The van der Waals surface area contributed by atoms with Gasteiger partial charge in [-0.15, -0.1) is 0 Å². The Balaban J connectivity index is 2.89. The summed E-state index contributed by atoms with van der Waals surface area (Å²) in [6, 6.07) is 4.43. The third-order valence-corrected chi connectivity index (χ3v) is 2.37. The minimum atomic E-state index is -1.86. The number of ether oxygens (including phenoxy) is 3. The van der Waals surface area contributed by atoms with Crippen molar-refractivity contribution in [3.63, 3.8) is 0 Å². The standard InChI is InChI=1S/C12H11NO8/c1-19-11(15)9(12(16)20-2)21-10(14)7-3-5-8(6-4-7)13(17)18/h3-6,9H,1-2H3. The van der Waals surface area contributed by atoms with E-state index in [1.54, 1.807) is 0 Å². The van der Waals surface area contributed by atoms with Crippen LogP contribution in [0.3, 0.4) is 0 Å². The molecule has 0 atom stereocenters. The maximum Gasteiger partial charge on any atom is 0.359 e. The highest BCUT2D eigenvalue weighted by molar-refractivity contribution is 6.01. The van der Waals surface area contributed by atoms with Gasteiger partial charge in [0.2, 0.25) is 0 Å². The molecule has 21 heavy (non-hydrogen) atoms. The molecule has 0 radical (unpaired) electrons. The van der Waals surface area contributed by atoms with Crippen LogP contribution in [-0.2, 0) is 23.8 Å². The van der Waals surface area contributed by atoms with Gasteiger partial charge >= 0.3 is 17.9 Å². The van der Waals surface area contributed by atoms with Gasteiger partial charge in [-0.3, -0.25) is 10.1 Å². The van der Waals surface area contributed by atoms with Crippen molar-refractivity contribution in [2.75, 3.05) is 14.2 Å². The lowest BCUT2D eigenvalue weighted by Crippen LogP contribution is -2.36. The Morgan fingerprint density at radius 1 is 1.05 bits per heavy atom. The number of nitro benzene ring substituents is 1. The fourth-order valence-corrected chi connectivity index (χ4v) is 1.30. The van der Waals surface area contributed by atoms with Crippen LogP contribution in [0.2, 0.25) is 0 Å². The van der Waals surface area contributed by atoms with Crippen molar-refractivity contribution in [1.29, 1.82) is 0 Å². The lowest BCUT2D eigenvalue weighted by Gasteiger charge is -2.13. The van der Waals surface area contributed by atoms with E-state index in [2.05, 4.69) is 14.2 Å². The van der Waals surface area contributed by atoms with Gasteiger partial charge in [-0.25, -0.2) is 14.4 Å². The highest BCUT2D eigenvalue weighted by Crippen LogP contribution is 2.13. The molecule has 0 saturated heterocycles. The number of esters is 3. The molecular formula is C12H11NO8. The van der Waals surface area contributed by atoms with E-state index in [9.17, 15) is 24.5 Å². The lowest BCUT2D eigenvalue weighted by atomic mass is 10.2. The molecule has 0 bridgehead atoms. The minimum absolute atomic E-state index is 0.0709. The van der Waals surface area contributed by atoms with Gasteiger partial charge in [0, 0.05) is 12.1 Å². The first-order chi connectivity index (χ1) is 9.90. The summed E-state index contributed by atoms with van der Waals surface area (Å²) in [4.78, 5) is 44.3. The Hall–Kier alpha value is -2.97. The number of nitrogens with zero attached hydrogens (tertiary/aromatic N) is 1. The summed E-state index contributed by atoms with van der Waals surface area (Å²) in [6.45, 7) is 0. The second-order valence-electron chi connectivity index (χ2n) is 3.64. The highest BCUT2D eigenvalue weighted by atomic mass is 16.6. The number of hydrogen-bond donors (Lipinski definition) is 0. The molecule has 112 valence electrons. The van der Waals surface area contributed by atoms with Crippen molar-refractivity contribution in [2.24, 2.45) is 0 Å². The summed E-state index contributed by atoms with van der Waals surface area (Å²) >= 11 is 0. The third kappa shape index (κ3) is 4.00. The van der Waals surface area contributed by atoms with Gasteiger partial charge in [0.25, 0.3) is 11.8 Å². The summed E-state index contributed by atoms with van der Waals surface area (Å²) in [5.74, 6) is -3.22. The molecule has 0 amide bonds. The SMILES string of the molecule is COC(=O)C(OC(=O)c1ccc([N+](=O)[O-])cc1)C(=O)OC. The second kappa shape index (κ2) is 6.98. The van der Waals surface area contributed by atoms with Crippen LogP contribution < -0.4 is 0 Å².